The van der Waals surface area contributed by atoms with Gasteiger partial charge in [-0.3, -0.25) is 0 Å². The molecule has 3 heteroatoms. The van der Waals surface area contributed by atoms with Crippen molar-refractivity contribution in [3.63, 3.8) is 0 Å². The van der Waals surface area contributed by atoms with E-state index >= 15 is 0 Å². The van der Waals surface area contributed by atoms with Gasteiger partial charge in [-0.1, -0.05) is 0 Å². The second-order valence-electron chi connectivity index (χ2n) is 0.776. The van der Waals surface area contributed by atoms with Crippen LogP contribution in [0.2, 0.25) is 6.55 Å². The van der Waals surface area contributed by atoms with Crippen LogP contribution < -0.4 is 0 Å². The molecule has 0 bridgehead atoms. The Morgan fingerprint density at radius 2 is 2.50 bits per heavy atom. The summed E-state index contributed by atoms with van der Waals surface area (Å²) in [7, 11) is 0.505. The highest BCUT2D eigenvalue weighted by atomic mass is 28.2. The molecule has 0 heterocycles. The van der Waals surface area contributed by atoms with Gasteiger partial charge in [-0.25, -0.2) is 0 Å². The molecule has 0 aromatic rings. The van der Waals surface area contributed by atoms with Crippen LogP contribution in [-0.4, -0.2) is 28.1 Å². The van der Waals surface area contributed by atoms with Crippen LogP contribution in [0.25, 0.3) is 0 Å². The lowest BCUT2D eigenvalue weighted by atomic mass is 10.8. The highest BCUT2D eigenvalue weighted by molar-refractivity contribution is 6.24. The first kappa shape index (κ1) is 6.14. The Labute approximate surface area is 40.1 Å². The van der Waals surface area contributed by atoms with Gasteiger partial charge in [0, 0.05) is 0 Å². The molecular weight excluding hydrogens is 96.1 g/mol. The van der Waals surface area contributed by atoms with Crippen molar-refractivity contribution in [2.75, 3.05) is 13.2 Å². The van der Waals surface area contributed by atoms with Gasteiger partial charge in [0.1, 0.15) is 0 Å². The van der Waals surface area contributed by atoms with Crippen molar-refractivity contribution in [1.82, 2.24) is 0 Å². The Morgan fingerprint density at radius 3 is 2.67 bits per heavy atom. The molecule has 0 aromatic carbocycles. The summed E-state index contributed by atoms with van der Waals surface area (Å²) in [4.78, 5) is 0. The Bertz CT molecular complexity index is 20.8. The summed E-state index contributed by atoms with van der Waals surface area (Å²) in [6.45, 7) is 2.55. The lowest BCUT2D eigenvalue weighted by Gasteiger charge is -1.89. The predicted octanol–water partition coefficient (Wildman–Crippen LogP) is -0.337. The van der Waals surface area contributed by atoms with Gasteiger partial charge in [-0.2, -0.15) is 0 Å². The maximum absolute atomic E-state index is 8.08. The number of aliphatic hydroxyl groups excluding tert-OH is 1. The van der Waals surface area contributed by atoms with Gasteiger partial charge in [0.15, 0.2) is 0 Å². The van der Waals surface area contributed by atoms with Crippen LogP contribution in [0.15, 0.2) is 0 Å². The quantitative estimate of drug-likeness (QED) is 0.392. The van der Waals surface area contributed by atoms with Gasteiger partial charge in [0.25, 0.3) is 0 Å². The van der Waals surface area contributed by atoms with E-state index in [-0.39, 0.29) is 6.61 Å². The Balaban J connectivity index is 2.34. The maximum atomic E-state index is 8.08. The fourth-order valence-electron chi connectivity index (χ4n) is 0.148. The third-order valence-corrected chi connectivity index (χ3v) is 0.830. The van der Waals surface area contributed by atoms with Crippen LogP contribution in [0, 0.1) is 0 Å². The van der Waals surface area contributed by atoms with E-state index < -0.39 is 0 Å². The van der Waals surface area contributed by atoms with Gasteiger partial charge in [0.2, 0.25) is 9.76 Å². The molecule has 0 unspecified atom stereocenters. The molecular formula is C3H8O2Si. The normalized spacial score (nSPS) is 9.00. The summed E-state index contributed by atoms with van der Waals surface area (Å²) in [5.74, 6) is 0. The highest BCUT2D eigenvalue weighted by Gasteiger charge is 1.76. The van der Waals surface area contributed by atoms with E-state index in [1.807, 2.05) is 6.55 Å². The Kier molecular flexibility index (Phi) is 5.25. The molecule has 0 fully saturated rings. The highest BCUT2D eigenvalue weighted by Crippen LogP contribution is 1.63. The number of rotatable bonds is 3. The van der Waals surface area contributed by atoms with Crippen molar-refractivity contribution in [2.24, 2.45) is 0 Å². The molecule has 0 rings (SSSR count). The van der Waals surface area contributed by atoms with E-state index in [0.717, 1.165) is 0 Å². The van der Waals surface area contributed by atoms with Crippen LogP contribution in [0.3, 0.4) is 0 Å². The zero-order valence-corrected chi connectivity index (χ0v) is 4.77. The lowest BCUT2D eigenvalue weighted by molar-refractivity contribution is 0.208. The van der Waals surface area contributed by atoms with Gasteiger partial charge in [0.05, 0.1) is 13.2 Å². The van der Waals surface area contributed by atoms with Crippen LogP contribution in [0.4, 0.5) is 0 Å². The molecule has 0 spiro atoms. The molecule has 0 amide bonds. The standard InChI is InChI=1S/C3H8O2Si/c1-6-5-3-2-4/h4H,2-3H2,1H3. The van der Waals surface area contributed by atoms with Crippen molar-refractivity contribution in [1.29, 1.82) is 0 Å². The molecule has 0 aliphatic carbocycles. The van der Waals surface area contributed by atoms with E-state index in [2.05, 4.69) is 0 Å². The zero-order valence-electron chi connectivity index (χ0n) is 3.77. The zero-order chi connectivity index (χ0) is 4.83. The second kappa shape index (κ2) is 5.14. The minimum absolute atomic E-state index is 0.140. The summed E-state index contributed by atoms with van der Waals surface area (Å²) in [5, 5.41) is 8.08. The molecule has 0 aromatic heterocycles. The van der Waals surface area contributed by atoms with Crippen LogP contribution in [-0.2, 0) is 4.43 Å². The fraction of sp³-hybridized carbons (Fsp3) is 1.00. The third kappa shape index (κ3) is 4.14. The van der Waals surface area contributed by atoms with E-state index in [1.165, 1.54) is 0 Å². The van der Waals surface area contributed by atoms with Gasteiger partial charge < -0.3 is 9.53 Å². The molecule has 1 N–H and O–H groups in total. The van der Waals surface area contributed by atoms with Crippen molar-refractivity contribution in [3.05, 3.63) is 0 Å². The van der Waals surface area contributed by atoms with Crippen molar-refractivity contribution >= 4 is 9.76 Å². The van der Waals surface area contributed by atoms with Gasteiger partial charge in [-0.15, -0.1) is 0 Å². The van der Waals surface area contributed by atoms with Crippen molar-refractivity contribution in [2.45, 2.75) is 6.55 Å². The monoisotopic (exact) mass is 104 g/mol. The van der Waals surface area contributed by atoms with Crippen molar-refractivity contribution < 1.29 is 9.53 Å². The largest absolute Gasteiger partial charge is 0.415 e. The fourth-order valence-corrected chi connectivity index (χ4v) is 0.443. The average molecular weight is 104 g/mol. The first-order valence-corrected chi connectivity index (χ1v) is 3.22. The molecule has 0 saturated heterocycles. The summed E-state index contributed by atoms with van der Waals surface area (Å²) in [6, 6.07) is 0. The maximum Gasteiger partial charge on any atom is 0.226 e. The summed E-state index contributed by atoms with van der Waals surface area (Å²) < 4.78 is 4.76. The SMILES string of the molecule is C[Si]OCCO. The number of hydrogen-bond acceptors (Lipinski definition) is 2. The van der Waals surface area contributed by atoms with Gasteiger partial charge >= 0.3 is 0 Å². The summed E-state index contributed by atoms with van der Waals surface area (Å²) in [5.41, 5.74) is 0. The molecule has 36 valence electrons. The topological polar surface area (TPSA) is 29.5 Å². The lowest BCUT2D eigenvalue weighted by Crippen LogP contribution is -1.99. The van der Waals surface area contributed by atoms with E-state index in [1.54, 1.807) is 0 Å². The number of aliphatic hydroxyl groups is 1. The second-order valence-corrected chi connectivity index (χ2v) is 1.47. The van der Waals surface area contributed by atoms with Crippen LogP contribution >= 0.6 is 0 Å². The smallest absolute Gasteiger partial charge is 0.226 e. The van der Waals surface area contributed by atoms with Crippen LogP contribution in [0.5, 0.6) is 0 Å². The Hall–Kier alpha value is 0.137. The molecule has 0 atom stereocenters. The molecule has 0 saturated carbocycles. The summed E-state index contributed by atoms with van der Waals surface area (Å²) >= 11 is 0. The van der Waals surface area contributed by atoms with Gasteiger partial charge in [-0.05, 0) is 6.55 Å². The summed E-state index contributed by atoms with van der Waals surface area (Å²) in [6.07, 6.45) is 0. The third-order valence-electron chi connectivity index (χ3n) is 0.338. The predicted molar refractivity (Wildman–Crippen MR) is 24.7 cm³/mol. The minimum atomic E-state index is 0.140. The molecule has 6 heavy (non-hydrogen) atoms. The molecule has 2 nitrogen and oxygen atoms in total. The minimum Gasteiger partial charge on any atom is -0.415 e. The average Bonchev–Trinajstić information content (AvgIpc) is 1.61. The van der Waals surface area contributed by atoms with E-state index in [4.69, 9.17) is 9.53 Å². The Morgan fingerprint density at radius 1 is 1.83 bits per heavy atom. The molecule has 2 radical (unpaired) electrons. The van der Waals surface area contributed by atoms with Crippen molar-refractivity contribution in [3.8, 4) is 0 Å². The first-order valence-electron chi connectivity index (χ1n) is 1.81. The molecule has 0 aliphatic rings. The van der Waals surface area contributed by atoms with E-state index in [9.17, 15) is 0 Å². The molecule has 0 aliphatic heterocycles. The first-order chi connectivity index (χ1) is 2.91. The van der Waals surface area contributed by atoms with Crippen LogP contribution in [0.1, 0.15) is 0 Å². The number of hydrogen-bond donors (Lipinski definition) is 1. The van der Waals surface area contributed by atoms with E-state index in [0.29, 0.717) is 16.4 Å².